The summed E-state index contributed by atoms with van der Waals surface area (Å²) in [5.74, 6) is -0.259. The zero-order valence-corrected chi connectivity index (χ0v) is 14.7. The van der Waals surface area contributed by atoms with Crippen molar-refractivity contribution < 1.29 is 18.7 Å². The van der Waals surface area contributed by atoms with Crippen LogP contribution in [-0.4, -0.2) is 28.1 Å². The van der Waals surface area contributed by atoms with Crippen molar-refractivity contribution >= 4 is 5.97 Å². The highest BCUT2D eigenvalue weighted by atomic mass is 19.1. The number of hydrogen-bond acceptors (Lipinski definition) is 5. The number of halogens is 1. The number of carbonyl (C=O) groups excluding carboxylic acids is 1. The number of esters is 1. The Hall–Kier alpha value is -3.22. The van der Waals surface area contributed by atoms with E-state index in [0.717, 1.165) is 5.56 Å². The Labute approximate surface area is 150 Å². The Bertz CT molecular complexity index is 953. The highest BCUT2D eigenvalue weighted by Gasteiger charge is 2.19. The minimum absolute atomic E-state index is 0.0848. The number of benzene rings is 2. The van der Waals surface area contributed by atoms with Gasteiger partial charge in [-0.05, 0) is 49.2 Å². The number of aryl methyl sites for hydroxylation is 1. The van der Waals surface area contributed by atoms with Gasteiger partial charge in [0.1, 0.15) is 18.2 Å². The van der Waals surface area contributed by atoms with Gasteiger partial charge in [0.15, 0.2) is 5.69 Å². The van der Waals surface area contributed by atoms with Crippen LogP contribution in [0, 0.1) is 19.7 Å². The third-order valence-electron chi connectivity index (χ3n) is 3.99. The van der Waals surface area contributed by atoms with Crippen molar-refractivity contribution in [2.45, 2.75) is 20.5 Å². The second kappa shape index (κ2) is 7.35. The molecule has 0 aliphatic carbocycles. The maximum absolute atomic E-state index is 13.8. The van der Waals surface area contributed by atoms with Gasteiger partial charge in [0.05, 0.1) is 18.5 Å². The van der Waals surface area contributed by atoms with E-state index in [0.29, 0.717) is 22.7 Å². The standard InChI is InChI=1S/C19H18FN3O3/c1-12-7-8-15(10-17(12)20)23-13(2)18(21-22-23)19(24)26-11-14-5-4-6-16(9-14)25-3/h4-10H,11H2,1-3H3. The summed E-state index contributed by atoms with van der Waals surface area (Å²) in [7, 11) is 1.57. The molecule has 134 valence electrons. The number of rotatable bonds is 5. The molecule has 0 fully saturated rings. The van der Waals surface area contributed by atoms with Crippen molar-refractivity contribution in [1.82, 2.24) is 15.0 Å². The highest BCUT2D eigenvalue weighted by Crippen LogP contribution is 2.17. The Balaban J connectivity index is 1.76. The molecule has 1 heterocycles. The summed E-state index contributed by atoms with van der Waals surface area (Å²) in [6.45, 7) is 3.44. The van der Waals surface area contributed by atoms with E-state index in [4.69, 9.17) is 9.47 Å². The van der Waals surface area contributed by atoms with E-state index in [1.54, 1.807) is 39.2 Å². The number of methoxy groups -OCH3 is 1. The van der Waals surface area contributed by atoms with Gasteiger partial charge in [0.2, 0.25) is 0 Å². The lowest BCUT2D eigenvalue weighted by Gasteiger charge is -2.07. The van der Waals surface area contributed by atoms with Crippen molar-refractivity contribution in [3.05, 3.63) is 70.8 Å². The zero-order chi connectivity index (χ0) is 18.7. The number of nitrogens with zero attached hydrogens (tertiary/aromatic N) is 3. The molecule has 3 aromatic rings. The molecule has 3 rings (SSSR count). The molecule has 0 aliphatic heterocycles. The monoisotopic (exact) mass is 355 g/mol. The molecule has 2 aromatic carbocycles. The number of aromatic nitrogens is 3. The predicted molar refractivity (Wildman–Crippen MR) is 92.9 cm³/mol. The molecule has 6 nitrogen and oxygen atoms in total. The van der Waals surface area contributed by atoms with Crippen molar-refractivity contribution in [2.24, 2.45) is 0 Å². The maximum atomic E-state index is 13.8. The van der Waals surface area contributed by atoms with Crippen molar-refractivity contribution in [2.75, 3.05) is 7.11 Å². The van der Waals surface area contributed by atoms with E-state index < -0.39 is 5.97 Å². The van der Waals surface area contributed by atoms with Gasteiger partial charge < -0.3 is 9.47 Å². The minimum atomic E-state index is -0.593. The fraction of sp³-hybridized carbons (Fsp3) is 0.211. The molecular formula is C19H18FN3O3. The first-order chi connectivity index (χ1) is 12.5. The van der Waals surface area contributed by atoms with E-state index in [2.05, 4.69) is 10.3 Å². The fourth-order valence-corrected chi connectivity index (χ4v) is 2.46. The third kappa shape index (κ3) is 3.56. The van der Waals surface area contributed by atoms with Crippen molar-refractivity contribution in [3.63, 3.8) is 0 Å². The molecule has 7 heteroatoms. The molecule has 0 atom stereocenters. The van der Waals surface area contributed by atoms with Crippen LogP contribution in [0.3, 0.4) is 0 Å². The maximum Gasteiger partial charge on any atom is 0.361 e. The van der Waals surface area contributed by atoms with E-state index in [9.17, 15) is 9.18 Å². The van der Waals surface area contributed by atoms with Gasteiger partial charge in [-0.3, -0.25) is 0 Å². The summed E-state index contributed by atoms with van der Waals surface area (Å²) in [6, 6.07) is 11.9. The van der Waals surface area contributed by atoms with Gasteiger partial charge in [-0.25, -0.2) is 13.9 Å². The number of hydrogen-bond donors (Lipinski definition) is 0. The van der Waals surface area contributed by atoms with Crippen LogP contribution < -0.4 is 4.74 Å². The van der Waals surface area contributed by atoms with Gasteiger partial charge in [0, 0.05) is 0 Å². The molecule has 0 radical (unpaired) electrons. The van der Waals surface area contributed by atoms with Crippen LogP contribution in [0.5, 0.6) is 5.75 Å². The molecule has 0 amide bonds. The van der Waals surface area contributed by atoms with Crippen LogP contribution >= 0.6 is 0 Å². The summed E-state index contributed by atoms with van der Waals surface area (Å²) in [5, 5.41) is 7.82. The smallest absolute Gasteiger partial charge is 0.361 e. The molecule has 26 heavy (non-hydrogen) atoms. The summed E-state index contributed by atoms with van der Waals surface area (Å²) < 4.78 is 25.6. The van der Waals surface area contributed by atoms with Gasteiger partial charge in [-0.1, -0.05) is 23.4 Å². The molecule has 0 spiro atoms. The Morgan fingerprint density at radius 1 is 1.19 bits per heavy atom. The molecule has 0 N–H and O–H groups in total. The summed E-state index contributed by atoms with van der Waals surface area (Å²) in [5.41, 5.74) is 2.38. The van der Waals surface area contributed by atoms with E-state index in [1.807, 2.05) is 18.2 Å². The fourth-order valence-electron chi connectivity index (χ4n) is 2.46. The third-order valence-corrected chi connectivity index (χ3v) is 3.99. The predicted octanol–water partition coefficient (Wildman–Crippen LogP) is 3.39. The average molecular weight is 355 g/mol. The van der Waals surface area contributed by atoms with Gasteiger partial charge in [-0.15, -0.1) is 5.10 Å². The molecule has 1 aromatic heterocycles. The second-order valence-electron chi connectivity index (χ2n) is 5.80. The van der Waals surface area contributed by atoms with Gasteiger partial charge in [0.25, 0.3) is 0 Å². The zero-order valence-electron chi connectivity index (χ0n) is 14.7. The van der Waals surface area contributed by atoms with Gasteiger partial charge >= 0.3 is 5.97 Å². The van der Waals surface area contributed by atoms with E-state index in [-0.39, 0.29) is 18.1 Å². The largest absolute Gasteiger partial charge is 0.497 e. The quantitative estimate of drug-likeness (QED) is 0.657. The summed E-state index contributed by atoms with van der Waals surface area (Å²) >= 11 is 0. The van der Waals surface area contributed by atoms with Gasteiger partial charge in [-0.2, -0.15) is 0 Å². The molecular weight excluding hydrogens is 337 g/mol. The number of ether oxygens (including phenoxy) is 2. The normalized spacial score (nSPS) is 10.6. The first kappa shape index (κ1) is 17.6. The van der Waals surface area contributed by atoms with Crippen LogP contribution in [0.2, 0.25) is 0 Å². The molecule has 0 bridgehead atoms. The van der Waals surface area contributed by atoms with E-state index in [1.165, 1.54) is 10.7 Å². The van der Waals surface area contributed by atoms with Crippen LogP contribution in [0.25, 0.3) is 5.69 Å². The topological polar surface area (TPSA) is 66.2 Å². The van der Waals surface area contributed by atoms with Crippen LogP contribution in [0.15, 0.2) is 42.5 Å². The summed E-state index contributed by atoms with van der Waals surface area (Å²) in [6.07, 6.45) is 0. The lowest BCUT2D eigenvalue weighted by atomic mass is 10.2. The highest BCUT2D eigenvalue weighted by molar-refractivity contribution is 5.88. The SMILES string of the molecule is COc1cccc(COC(=O)c2nnn(-c3ccc(C)c(F)c3)c2C)c1. The molecule has 0 unspecified atom stereocenters. The second-order valence-corrected chi connectivity index (χ2v) is 5.80. The van der Waals surface area contributed by atoms with Crippen molar-refractivity contribution in [1.29, 1.82) is 0 Å². The Morgan fingerprint density at radius 2 is 2.00 bits per heavy atom. The molecule has 0 aliphatic rings. The minimum Gasteiger partial charge on any atom is -0.497 e. The van der Waals surface area contributed by atoms with E-state index >= 15 is 0 Å². The lowest BCUT2D eigenvalue weighted by molar-refractivity contribution is 0.0464. The molecule has 0 saturated heterocycles. The Kier molecular flexibility index (Phi) is 4.97. The van der Waals surface area contributed by atoms with Crippen LogP contribution in [0.1, 0.15) is 27.3 Å². The molecule has 0 saturated carbocycles. The number of carbonyl (C=O) groups is 1. The first-order valence-electron chi connectivity index (χ1n) is 7.98. The lowest BCUT2D eigenvalue weighted by Crippen LogP contribution is -2.08. The summed E-state index contributed by atoms with van der Waals surface area (Å²) in [4.78, 5) is 12.3. The first-order valence-corrected chi connectivity index (χ1v) is 7.98. The van der Waals surface area contributed by atoms with Crippen molar-refractivity contribution in [3.8, 4) is 11.4 Å². The van der Waals surface area contributed by atoms with Crippen LogP contribution in [-0.2, 0) is 11.3 Å². The Morgan fingerprint density at radius 3 is 2.73 bits per heavy atom. The average Bonchev–Trinajstić information content (AvgIpc) is 3.03. The van der Waals surface area contributed by atoms with Crippen LogP contribution in [0.4, 0.5) is 4.39 Å².